The Hall–Kier alpha value is -3.11. The Morgan fingerprint density at radius 1 is 1.50 bits per heavy atom. The predicted octanol–water partition coefficient (Wildman–Crippen LogP) is 1.25. The Bertz CT molecular complexity index is 767. The fraction of sp³-hybridized carbons (Fsp3) is 0.385. The number of rotatable bonds is 7. The number of amides is 1. The molecule has 10 nitrogen and oxygen atoms in total. The SMILES string of the molecule is CC[C@@H](C(=O)N/N=C\c1cnn(CC)c1F)n1cc([N+](=O)[O-])cn1. The topological polar surface area (TPSA) is 120 Å². The van der Waals surface area contributed by atoms with Crippen molar-refractivity contribution in [1.82, 2.24) is 25.0 Å². The lowest BCUT2D eigenvalue weighted by Gasteiger charge is -2.12. The van der Waals surface area contributed by atoms with Crippen LogP contribution in [0.15, 0.2) is 23.7 Å². The normalized spacial score (nSPS) is 12.5. The molecule has 0 aliphatic heterocycles. The Morgan fingerprint density at radius 2 is 2.25 bits per heavy atom. The molecule has 1 atom stereocenters. The van der Waals surface area contributed by atoms with Gasteiger partial charge in [0.05, 0.1) is 22.9 Å². The third-order valence-electron chi connectivity index (χ3n) is 3.29. The van der Waals surface area contributed by atoms with Gasteiger partial charge in [-0.3, -0.25) is 19.6 Å². The summed E-state index contributed by atoms with van der Waals surface area (Å²) >= 11 is 0. The lowest BCUT2D eigenvalue weighted by Crippen LogP contribution is -2.29. The summed E-state index contributed by atoms with van der Waals surface area (Å²) in [6.07, 6.45) is 5.02. The van der Waals surface area contributed by atoms with Gasteiger partial charge < -0.3 is 0 Å². The second-order valence-corrected chi connectivity index (χ2v) is 4.80. The van der Waals surface area contributed by atoms with Crippen LogP contribution in [0.5, 0.6) is 0 Å². The average molecular weight is 337 g/mol. The van der Waals surface area contributed by atoms with E-state index in [0.29, 0.717) is 13.0 Å². The van der Waals surface area contributed by atoms with E-state index in [0.717, 1.165) is 17.1 Å². The van der Waals surface area contributed by atoms with Gasteiger partial charge in [0.2, 0.25) is 5.95 Å². The highest BCUT2D eigenvalue weighted by Crippen LogP contribution is 2.15. The van der Waals surface area contributed by atoms with Gasteiger partial charge in [-0.15, -0.1) is 0 Å². The first kappa shape index (κ1) is 17.2. The molecule has 0 aliphatic rings. The number of halogens is 1. The van der Waals surface area contributed by atoms with Crippen LogP contribution in [0.25, 0.3) is 0 Å². The summed E-state index contributed by atoms with van der Waals surface area (Å²) in [5.74, 6) is -1.07. The van der Waals surface area contributed by atoms with E-state index in [-0.39, 0.29) is 11.3 Å². The van der Waals surface area contributed by atoms with Crippen molar-refractivity contribution in [3.63, 3.8) is 0 Å². The zero-order chi connectivity index (χ0) is 17.7. The molecule has 2 aromatic rings. The quantitative estimate of drug-likeness (QED) is 0.463. The first-order valence-electron chi connectivity index (χ1n) is 7.20. The van der Waals surface area contributed by atoms with Crippen LogP contribution in [-0.4, -0.2) is 36.6 Å². The van der Waals surface area contributed by atoms with Crippen LogP contribution in [0, 0.1) is 16.1 Å². The molecule has 24 heavy (non-hydrogen) atoms. The van der Waals surface area contributed by atoms with Gasteiger partial charge in [-0.1, -0.05) is 6.92 Å². The van der Waals surface area contributed by atoms with E-state index < -0.39 is 22.8 Å². The molecular weight excluding hydrogens is 321 g/mol. The van der Waals surface area contributed by atoms with E-state index in [2.05, 4.69) is 20.7 Å². The summed E-state index contributed by atoms with van der Waals surface area (Å²) < 4.78 is 16.1. The summed E-state index contributed by atoms with van der Waals surface area (Å²) in [6.45, 7) is 3.85. The van der Waals surface area contributed by atoms with E-state index in [1.807, 2.05) is 0 Å². The van der Waals surface area contributed by atoms with Gasteiger partial charge in [0.1, 0.15) is 18.4 Å². The average Bonchev–Trinajstić information content (AvgIpc) is 3.16. The summed E-state index contributed by atoms with van der Waals surface area (Å²) in [6, 6.07) is -0.765. The minimum atomic E-state index is -0.765. The van der Waals surface area contributed by atoms with Crippen molar-refractivity contribution in [2.24, 2.45) is 5.10 Å². The molecule has 2 heterocycles. The number of nitrogens with zero attached hydrogens (tertiary/aromatic N) is 6. The maximum Gasteiger partial charge on any atom is 0.307 e. The van der Waals surface area contributed by atoms with Crippen LogP contribution in [0.2, 0.25) is 0 Å². The number of aromatic nitrogens is 4. The van der Waals surface area contributed by atoms with Crippen LogP contribution in [0.4, 0.5) is 10.1 Å². The molecule has 1 amide bonds. The van der Waals surface area contributed by atoms with E-state index >= 15 is 0 Å². The molecule has 0 radical (unpaired) electrons. The summed E-state index contributed by atoms with van der Waals surface area (Å²) in [5.41, 5.74) is 2.20. The zero-order valence-corrected chi connectivity index (χ0v) is 13.1. The highest BCUT2D eigenvalue weighted by atomic mass is 19.1. The minimum Gasteiger partial charge on any atom is -0.271 e. The van der Waals surface area contributed by atoms with Crippen molar-refractivity contribution in [3.05, 3.63) is 40.2 Å². The van der Waals surface area contributed by atoms with Crippen LogP contribution in [-0.2, 0) is 11.3 Å². The van der Waals surface area contributed by atoms with Gasteiger partial charge in [-0.25, -0.2) is 10.1 Å². The van der Waals surface area contributed by atoms with Crippen molar-refractivity contribution in [2.45, 2.75) is 32.9 Å². The number of carbonyl (C=O) groups is 1. The molecule has 2 rings (SSSR count). The Balaban J connectivity index is 2.04. The van der Waals surface area contributed by atoms with Crippen molar-refractivity contribution in [1.29, 1.82) is 0 Å². The monoisotopic (exact) mass is 337 g/mol. The number of hydrazone groups is 1. The number of aryl methyl sites for hydroxylation is 1. The zero-order valence-electron chi connectivity index (χ0n) is 13.1. The fourth-order valence-electron chi connectivity index (χ4n) is 2.02. The van der Waals surface area contributed by atoms with Crippen molar-refractivity contribution >= 4 is 17.8 Å². The van der Waals surface area contributed by atoms with Crippen molar-refractivity contribution < 1.29 is 14.1 Å². The molecule has 0 aliphatic carbocycles. The van der Waals surface area contributed by atoms with E-state index in [1.54, 1.807) is 13.8 Å². The number of nitro groups is 1. The highest BCUT2D eigenvalue weighted by Gasteiger charge is 2.21. The first-order chi connectivity index (χ1) is 11.5. The molecule has 0 unspecified atom stereocenters. The number of hydrogen-bond donors (Lipinski definition) is 1. The second kappa shape index (κ2) is 7.44. The lowest BCUT2D eigenvalue weighted by molar-refractivity contribution is -0.385. The molecule has 128 valence electrons. The van der Waals surface area contributed by atoms with Gasteiger partial charge in [0.25, 0.3) is 5.91 Å². The largest absolute Gasteiger partial charge is 0.307 e. The third-order valence-corrected chi connectivity index (χ3v) is 3.29. The molecule has 0 saturated carbocycles. The van der Waals surface area contributed by atoms with E-state index in [4.69, 9.17) is 0 Å². The summed E-state index contributed by atoms with van der Waals surface area (Å²) in [7, 11) is 0. The Kier molecular flexibility index (Phi) is 5.35. The van der Waals surface area contributed by atoms with Crippen LogP contribution in [0.1, 0.15) is 31.9 Å². The van der Waals surface area contributed by atoms with Gasteiger partial charge in [-0.05, 0) is 13.3 Å². The molecule has 1 N–H and O–H groups in total. The van der Waals surface area contributed by atoms with Gasteiger partial charge in [0.15, 0.2) is 0 Å². The maximum absolute atomic E-state index is 13.7. The molecule has 0 spiro atoms. The standard InChI is InChI=1S/C13H16FN7O3/c1-3-11(20-8-10(7-17-20)21(23)24)13(22)18-15-5-9-6-16-19(4-2)12(9)14/h5-8,11H,3-4H2,1-2H3,(H,18,22)/b15-5-/t11-/m0/s1. The van der Waals surface area contributed by atoms with E-state index in [9.17, 15) is 19.3 Å². The summed E-state index contributed by atoms with van der Waals surface area (Å²) in [4.78, 5) is 22.2. The highest BCUT2D eigenvalue weighted by molar-refractivity contribution is 5.83. The third kappa shape index (κ3) is 3.62. The molecule has 0 aromatic carbocycles. The molecular formula is C13H16FN7O3. The van der Waals surface area contributed by atoms with Gasteiger partial charge in [0, 0.05) is 6.54 Å². The molecule has 11 heteroatoms. The lowest BCUT2D eigenvalue weighted by atomic mass is 10.2. The number of hydrogen-bond acceptors (Lipinski definition) is 6. The maximum atomic E-state index is 13.7. The molecule has 0 saturated heterocycles. The summed E-state index contributed by atoms with van der Waals surface area (Å²) in [5, 5.41) is 22.0. The Labute approximate surface area is 136 Å². The van der Waals surface area contributed by atoms with Gasteiger partial charge in [-0.2, -0.15) is 19.7 Å². The minimum absolute atomic E-state index is 0.139. The second-order valence-electron chi connectivity index (χ2n) is 4.80. The molecule has 2 aromatic heterocycles. The number of nitrogens with one attached hydrogen (secondary N) is 1. The van der Waals surface area contributed by atoms with E-state index in [1.165, 1.54) is 17.1 Å². The fourth-order valence-corrected chi connectivity index (χ4v) is 2.02. The molecule has 0 fully saturated rings. The number of carbonyl (C=O) groups excluding carboxylic acids is 1. The molecule has 0 bridgehead atoms. The van der Waals surface area contributed by atoms with Crippen LogP contribution >= 0.6 is 0 Å². The van der Waals surface area contributed by atoms with Crippen LogP contribution in [0.3, 0.4) is 0 Å². The van der Waals surface area contributed by atoms with Crippen molar-refractivity contribution in [2.75, 3.05) is 0 Å². The Morgan fingerprint density at radius 3 is 2.79 bits per heavy atom. The predicted molar refractivity (Wildman–Crippen MR) is 81.8 cm³/mol. The van der Waals surface area contributed by atoms with Crippen molar-refractivity contribution in [3.8, 4) is 0 Å². The first-order valence-corrected chi connectivity index (χ1v) is 7.20. The van der Waals surface area contributed by atoms with Crippen LogP contribution < -0.4 is 5.43 Å². The van der Waals surface area contributed by atoms with Gasteiger partial charge >= 0.3 is 5.69 Å². The smallest absolute Gasteiger partial charge is 0.271 e.